The van der Waals surface area contributed by atoms with Crippen molar-refractivity contribution >= 4 is 17.6 Å². The Kier molecular flexibility index (Phi) is 12.7. The minimum Gasteiger partial charge on any atom is -0.398 e. The van der Waals surface area contributed by atoms with Crippen LogP contribution in [-0.4, -0.2) is 0 Å². The SMILES string of the molecule is CC.CC.CCc1ccc(N)c(SN)c1. The number of hydrogen-bond donors (Lipinski definition) is 2. The third kappa shape index (κ3) is 6.42. The zero-order valence-electron chi connectivity index (χ0n) is 10.5. The first-order chi connectivity index (χ1) is 7.27. The number of hydrogen-bond acceptors (Lipinski definition) is 3. The second-order valence-electron chi connectivity index (χ2n) is 2.34. The normalized spacial score (nSPS) is 8.13. The van der Waals surface area contributed by atoms with Crippen LogP contribution >= 0.6 is 11.9 Å². The Bertz CT molecular complexity index is 249. The summed E-state index contributed by atoms with van der Waals surface area (Å²) < 4.78 is 0. The van der Waals surface area contributed by atoms with Gasteiger partial charge in [-0.2, -0.15) is 0 Å². The molecule has 1 rings (SSSR count). The van der Waals surface area contributed by atoms with Crippen LogP contribution in [0.1, 0.15) is 40.2 Å². The summed E-state index contributed by atoms with van der Waals surface area (Å²) in [6.07, 6.45) is 1.02. The van der Waals surface area contributed by atoms with Crippen molar-refractivity contribution in [2.24, 2.45) is 5.14 Å². The summed E-state index contributed by atoms with van der Waals surface area (Å²) in [5.41, 5.74) is 7.68. The quantitative estimate of drug-likeness (QED) is 0.597. The molecule has 0 fully saturated rings. The second-order valence-corrected chi connectivity index (χ2v) is 3.02. The molecule has 0 spiro atoms. The molecule has 3 heteroatoms. The third-order valence-electron chi connectivity index (χ3n) is 1.61. The van der Waals surface area contributed by atoms with E-state index in [-0.39, 0.29) is 0 Å². The molecule has 0 aliphatic rings. The first-order valence-corrected chi connectivity index (χ1v) is 6.41. The molecule has 0 aromatic heterocycles. The summed E-state index contributed by atoms with van der Waals surface area (Å²) in [5, 5.41) is 5.41. The van der Waals surface area contributed by atoms with Crippen LogP contribution in [0.3, 0.4) is 0 Å². The summed E-state index contributed by atoms with van der Waals surface area (Å²) >= 11 is 1.20. The highest BCUT2D eigenvalue weighted by atomic mass is 32.2. The molecule has 2 nitrogen and oxygen atoms in total. The molecule has 0 unspecified atom stereocenters. The molecule has 0 saturated heterocycles. The molecule has 88 valence electrons. The maximum absolute atomic E-state index is 5.65. The van der Waals surface area contributed by atoms with Crippen molar-refractivity contribution in [2.45, 2.75) is 45.9 Å². The minimum atomic E-state index is 0.759. The van der Waals surface area contributed by atoms with E-state index in [0.29, 0.717) is 0 Å². The van der Waals surface area contributed by atoms with E-state index in [1.165, 1.54) is 17.5 Å². The molecule has 4 N–H and O–H groups in total. The predicted octanol–water partition coefficient (Wildman–Crippen LogP) is 3.85. The lowest BCUT2D eigenvalue weighted by Crippen LogP contribution is -1.92. The van der Waals surface area contributed by atoms with Crippen molar-refractivity contribution in [3.8, 4) is 0 Å². The van der Waals surface area contributed by atoms with Gasteiger partial charge in [0.1, 0.15) is 0 Å². The topological polar surface area (TPSA) is 52.0 Å². The van der Waals surface area contributed by atoms with Crippen LogP contribution < -0.4 is 10.9 Å². The van der Waals surface area contributed by atoms with Gasteiger partial charge in [0.25, 0.3) is 0 Å². The highest BCUT2D eigenvalue weighted by Gasteiger charge is 1.97. The largest absolute Gasteiger partial charge is 0.398 e. The molecule has 0 heterocycles. The van der Waals surface area contributed by atoms with Crippen molar-refractivity contribution < 1.29 is 0 Å². The van der Waals surface area contributed by atoms with Gasteiger partial charge in [-0.1, -0.05) is 40.7 Å². The van der Waals surface area contributed by atoms with Gasteiger partial charge in [0, 0.05) is 10.6 Å². The van der Waals surface area contributed by atoms with Gasteiger partial charge >= 0.3 is 0 Å². The fourth-order valence-electron chi connectivity index (χ4n) is 0.901. The summed E-state index contributed by atoms with van der Waals surface area (Å²) in [4.78, 5) is 0.962. The number of anilines is 1. The van der Waals surface area contributed by atoms with Crippen LogP contribution in [-0.2, 0) is 6.42 Å². The lowest BCUT2D eigenvalue weighted by Gasteiger charge is -2.03. The first-order valence-electron chi connectivity index (χ1n) is 5.53. The highest BCUT2D eigenvalue weighted by Crippen LogP contribution is 2.21. The molecule has 0 bridgehead atoms. The van der Waals surface area contributed by atoms with Gasteiger partial charge in [-0.15, -0.1) is 0 Å². The van der Waals surface area contributed by atoms with Gasteiger partial charge in [0.05, 0.1) is 0 Å². The van der Waals surface area contributed by atoms with Crippen molar-refractivity contribution in [2.75, 3.05) is 5.73 Å². The van der Waals surface area contributed by atoms with Gasteiger partial charge in [-0.25, -0.2) is 0 Å². The number of aryl methyl sites for hydroxylation is 1. The van der Waals surface area contributed by atoms with Crippen LogP contribution in [0.4, 0.5) is 5.69 Å². The summed E-state index contributed by atoms with van der Waals surface area (Å²) in [7, 11) is 0. The standard InChI is InChI=1S/C8H12N2S.2C2H6/c1-2-6-3-4-7(9)8(5-6)11-10;2*1-2/h3-5H,2,9-10H2,1H3;2*1-2H3. The lowest BCUT2D eigenvalue weighted by atomic mass is 10.1. The van der Waals surface area contributed by atoms with E-state index in [2.05, 4.69) is 6.92 Å². The van der Waals surface area contributed by atoms with E-state index in [1.54, 1.807) is 0 Å². The molecule has 0 radical (unpaired) electrons. The average molecular weight is 228 g/mol. The highest BCUT2D eigenvalue weighted by molar-refractivity contribution is 7.97. The van der Waals surface area contributed by atoms with E-state index in [0.717, 1.165) is 17.0 Å². The van der Waals surface area contributed by atoms with Gasteiger partial charge in [-0.05, 0) is 36.1 Å². The van der Waals surface area contributed by atoms with Crippen molar-refractivity contribution in [3.63, 3.8) is 0 Å². The Hall–Kier alpha value is -0.670. The summed E-state index contributed by atoms with van der Waals surface area (Å²) in [6, 6.07) is 5.95. The van der Waals surface area contributed by atoms with Crippen LogP contribution in [0.5, 0.6) is 0 Å². The van der Waals surface area contributed by atoms with Crippen molar-refractivity contribution in [3.05, 3.63) is 23.8 Å². The predicted molar refractivity (Wildman–Crippen MR) is 73.0 cm³/mol. The van der Waals surface area contributed by atoms with Crippen LogP contribution in [0.25, 0.3) is 0 Å². The smallest absolute Gasteiger partial charge is 0.0465 e. The first kappa shape index (κ1) is 16.7. The molecule has 0 saturated carbocycles. The maximum atomic E-state index is 5.65. The van der Waals surface area contributed by atoms with E-state index < -0.39 is 0 Å². The molecule has 15 heavy (non-hydrogen) atoms. The summed E-state index contributed by atoms with van der Waals surface area (Å²) in [5.74, 6) is 0. The molecular formula is C12H24N2S. The van der Waals surface area contributed by atoms with Crippen molar-refractivity contribution in [1.29, 1.82) is 0 Å². The van der Waals surface area contributed by atoms with Crippen LogP contribution in [0.2, 0.25) is 0 Å². The number of nitrogens with two attached hydrogens (primary N) is 2. The maximum Gasteiger partial charge on any atom is 0.0465 e. The Morgan fingerprint density at radius 1 is 1.13 bits per heavy atom. The number of nitrogen functional groups attached to an aromatic ring is 1. The summed E-state index contributed by atoms with van der Waals surface area (Å²) in [6.45, 7) is 10.1. The Morgan fingerprint density at radius 3 is 2.07 bits per heavy atom. The Balaban J connectivity index is 0. The molecule has 1 aromatic carbocycles. The van der Waals surface area contributed by atoms with E-state index in [9.17, 15) is 0 Å². The Morgan fingerprint density at radius 2 is 1.67 bits per heavy atom. The second kappa shape index (κ2) is 11.4. The van der Waals surface area contributed by atoms with Gasteiger partial charge < -0.3 is 5.73 Å². The molecule has 0 amide bonds. The third-order valence-corrected chi connectivity index (χ3v) is 2.22. The lowest BCUT2D eigenvalue weighted by molar-refractivity contribution is 1.12. The van der Waals surface area contributed by atoms with Gasteiger partial charge in [-0.3, -0.25) is 5.14 Å². The van der Waals surface area contributed by atoms with Crippen LogP contribution in [0, 0.1) is 0 Å². The van der Waals surface area contributed by atoms with Crippen LogP contribution in [0.15, 0.2) is 23.1 Å². The van der Waals surface area contributed by atoms with E-state index in [4.69, 9.17) is 10.9 Å². The van der Waals surface area contributed by atoms with E-state index >= 15 is 0 Å². The average Bonchev–Trinajstić information content (AvgIpc) is 2.35. The van der Waals surface area contributed by atoms with Gasteiger partial charge in [0.2, 0.25) is 0 Å². The zero-order chi connectivity index (χ0) is 12.3. The number of rotatable bonds is 2. The minimum absolute atomic E-state index is 0.759. The zero-order valence-corrected chi connectivity index (χ0v) is 11.3. The fourth-order valence-corrected chi connectivity index (χ4v) is 1.32. The fraction of sp³-hybridized carbons (Fsp3) is 0.500. The van der Waals surface area contributed by atoms with Gasteiger partial charge in [0.15, 0.2) is 0 Å². The Labute approximate surface area is 98.6 Å². The molecular weight excluding hydrogens is 204 g/mol. The van der Waals surface area contributed by atoms with E-state index in [1.807, 2.05) is 45.9 Å². The molecule has 0 aliphatic carbocycles. The molecule has 1 aromatic rings. The van der Waals surface area contributed by atoms with Crippen molar-refractivity contribution in [1.82, 2.24) is 0 Å². The number of benzene rings is 1. The molecule has 0 aliphatic heterocycles. The monoisotopic (exact) mass is 228 g/mol. The molecule has 0 atom stereocenters.